The molecule has 45 heavy (non-hydrogen) atoms. The van der Waals surface area contributed by atoms with Crippen LogP contribution in [0.15, 0.2) is 112 Å². The Morgan fingerprint density at radius 1 is 0.911 bits per heavy atom. The van der Waals surface area contributed by atoms with Crippen LogP contribution in [-0.4, -0.2) is 43.8 Å². The van der Waals surface area contributed by atoms with E-state index in [0.29, 0.717) is 6.42 Å². The minimum Gasteiger partial charge on any atom is -0.352 e. The van der Waals surface area contributed by atoms with Crippen molar-refractivity contribution < 1.29 is 22.4 Å². The minimum absolute atomic E-state index is 0.00543. The van der Waals surface area contributed by atoms with Crippen molar-refractivity contribution in [1.82, 2.24) is 10.2 Å². The lowest BCUT2D eigenvalue weighted by atomic mass is 10.0. The van der Waals surface area contributed by atoms with E-state index in [1.165, 1.54) is 29.2 Å². The van der Waals surface area contributed by atoms with E-state index < -0.39 is 34.3 Å². The summed E-state index contributed by atoms with van der Waals surface area (Å²) in [6, 6.07) is 26.6. The molecule has 0 spiro atoms. The van der Waals surface area contributed by atoms with E-state index in [9.17, 15) is 22.4 Å². The van der Waals surface area contributed by atoms with E-state index >= 15 is 0 Å². The Kier molecular flexibility index (Phi) is 11.8. The van der Waals surface area contributed by atoms with E-state index in [1.807, 2.05) is 68.4 Å². The smallest absolute Gasteiger partial charge is 0.264 e. The number of nitrogens with zero attached hydrogens (tertiary/aromatic N) is 2. The minimum atomic E-state index is -4.32. The summed E-state index contributed by atoms with van der Waals surface area (Å²) in [5, 5.41) is 2.71. The van der Waals surface area contributed by atoms with Crippen molar-refractivity contribution in [2.24, 2.45) is 0 Å². The Labute approximate surface area is 277 Å². The van der Waals surface area contributed by atoms with Gasteiger partial charge in [0, 0.05) is 23.5 Å². The average molecular weight is 715 g/mol. The van der Waals surface area contributed by atoms with Crippen molar-refractivity contribution in [2.45, 2.75) is 50.2 Å². The molecule has 0 fully saturated rings. The Morgan fingerprint density at radius 2 is 1.53 bits per heavy atom. The predicted octanol–water partition coefficient (Wildman–Crippen LogP) is 6.99. The lowest BCUT2D eigenvalue weighted by molar-refractivity contribution is -0.140. The molecular formula is C34H34BrClFN3O4S. The number of halogens is 3. The summed E-state index contributed by atoms with van der Waals surface area (Å²) in [7, 11) is -4.32. The third kappa shape index (κ3) is 8.93. The summed E-state index contributed by atoms with van der Waals surface area (Å²) in [5.41, 5.74) is 1.57. The first-order chi connectivity index (χ1) is 21.5. The van der Waals surface area contributed by atoms with Crippen LogP contribution >= 0.6 is 27.5 Å². The lowest BCUT2D eigenvalue weighted by Crippen LogP contribution is -2.54. The van der Waals surface area contributed by atoms with Gasteiger partial charge in [0.25, 0.3) is 10.0 Å². The van der Waals surface area contributed by atoms with Crippen LogP contribution in [0.5, 0.6) is 0 Å². The molecular weight excluding hydrogens is 681 g/mol. The fraction of sp³-hybridized carbons (Fsp3) is 0.235. The third-order valence-electron chi connectivity index (χ3n) is 7.34. The summed E-state index contributed by atoms with van der Waals surface area (Å²) in [5.74, 6) is -1.72. The Hall–Kier alpha value is -3.73. The molecule has 0 aliphatic carbocycles. The fourth-order valence-corrected chi connectivity index (χ4v) is 6.54. The van der Waals surface area contributed by atoms with Gasteiger partial charge in [-0.15, -0.1) is 0 Å². The van der Waals surface area contributed by atoms with E-state index in [4.69, 9.17) is 11.6 Å². The standard InChI is InChI=1S/C34H34BrClFN3O4S/c1-3-24(2)38-34(42)32(20-25-10-6-4-7-11-25)39(22-26-14-16-27(35)17-15-26)33(41)23-40(28-18-19-31(37)30(36)21-28)45(43,44)29-12-8-5-9-13-29/h4-19,21,24,32H,3,20,22-23H2,1-2H3,(H,38,42)/t24-,32+/m0/s1. The number of hydrogen-bond donors (Lipinski definition) is 1. The zero-order chi connectivity index (χ0) is 32.6. The first kappa shape index (κ1) is 34.1. The third-order valence-corrected chi connectivity index (χ3v) is 9.95. The molecule has 0 heterocycles. The molecule has 0 saturated heterocycles. The fourth-order valence-electron chi connectivity index (χ4n) is 4.67. The number of sulfonamides is 1. The molecule has 0 aliphatic rings. The molecule has 4 aromatic carbocycles. The van der Waals surface area contributed by atoms with Crippen molar-refractivity contribution in [3.63, 3.8) is 0 Å². The largest absolute Gasteiger partial charge is 0.352 e. The summed E-state index contributed by atoms with van der Waals surface area (Å²) >= 11 is 9.50. The molecule has 0 aromatic heterocycles. The molecule has 4 aromatic rings. The van der Waals surface area contributed by atoms with Gasteiger partial charge in [0.1, 0.15) is 18.4 Å². The first-order valence-electron chi connectivity index (χ1n) is 14.4. The summed E-state index contributed by atoms with van der Waals surface area (Å²) in [6.45, 7) is 3.19. The van der Waals surface area contributed by atoms with Gasteiger partial charge in [0.15, 0.2) is 0 Å². The highest BCUT2D eigenvalue weighted by Crippen LogP contribution is 2.28. The number of rotatable bonds is 13. The molecule has 11 heteroatoms. The van der Waals surface area contributed by atoms with Gasteiger partial charge in [-0.2, -0.15) is 0 Å². The molecule has 236 valence electrons. The highest BCUT2D eigenvalue weighted by Gasteiger charge is 2.35. The number of amides is 2. The molecule has 0 saturated carbocycles. The maximum Gasteiger partial charge on any atom is 0.264 e. The zero-order valence-electron chi connectivity index (χ0n) is 24.9. The summed E-state index contributed by atoms with van der Waals surface area (Å²) in [6.07, 6.45) is 0.873. The molecule has 2 atom stereocenters. The molecule has 0 aliphatic heterocycles. The number of carbonyl (C=O) groups excluding carboxylic acids is 2. The van der Waals surface area contributed by atoms with Gasteiger partial charge in [0.05, 0.1) is 15.6 Å². The molecule has 0 radical (unpaired) electrons. The molecule has 1 N–H and O–H groups in total. The number of anilines is 1. The van der Waals surface area contributed by atoms with Crippen LogP contribution in [0, 0.1) is 5.82 Å². The van der Waals surface area contributed by atoms with Crippen LogP contribution in [0.1, 0.15) is 31.4 Å². The van der Waals surface area contributed by atoms with Gasteiger partial charge in [-0.1, -0.05) is 95.1 Å². The maximum atomic E-state index is 14.4. The van der Waals surface area contributed by atoms with Gasteiger partial charge in [0.2, 0.25) is 11.8 Å². The van der Waals surface area contributed by atoms with Crippen LogP contribution in [0.3, 0.4) is 0 Å². The molecule has 7 nitrogen and oxygen atoms in total. The number of nitrogens with one attached hydrogen (secondary N) is 1. The molecule has 2 amide bonds. The highest BCUT2D eigenvalue weighted by atomic mass is 79.9. The van der Waals surface area contributed by atoms with Crippen LogP contribution in [0.4, 0.5) is 10.1 Å². The number of hydrogen-bond acceptors (Lipinski definition) is 4. The second-order valence-electron chi connectivity index (χ2n) is 10.6. The van der Waals surface area contributed by atoms with Crippen molar-refractivity contribution in [1.29, 1.82) is 0 Å². The van der Waals surface area contributed by atoms with Crippen molar-refractivity contribution in [3.05, 3.63) is 130 Å². The van der Waals surface area contributed by atoms with Crippen LogP contribution in [0.2, 0.25) is 5.02 Å². The highest BCUT2D eigenvalue weighted by molar-refractivity contribution is 9.10. The number of carbonyl (C=O) groups is 2. The summed E-state index contributed by atoms with van der Waals surface area (Å²) < 4.78 is 43.9. The SMILES string of the molecule is CC[C@H](C)NC(=O)[C@@H](Cc1ccccc1)N(Cc1ccc(Br)cc1)C(=O)CN(c1ccc(F)c(Cl)c1)S(=O)(=O)c1ccccc1. The van der Waals surface area contributed by atoms with E-state index in [0.717, 1.165) is 26.0 Å². The normalized spacial score (nSPS) is 12.6. The topological polar surface area (TPSA) is 86.8 Å². The van der Waals surface area contributed by atoms with Crippen molar-refractivity contribution in [3.8, 4) is 0 Å². The van der Waals surface area contributed by atoms with Gasteiger partial charge >= 0.3 is 0 Å². The van der Waals surface area contributed by atoms with E-state index in [1.54, 1.807) is 18.2 Å². The second kappa shape index (κ2) is 15.5. The average Bonchev–Trinajstić information content (AvgIpc) is 3.04. The predicted molar refractivity (Wildman–Crippen MR) is 179 cm³/mol. The van der Waals surface area contributed by atoms with Gasteiger partial charge in [-0.25, -0.2) is 12.8 Å². The lowest BCUT2D eigenvalue weighted by Gasteiger charge is -2.34. The second-order valence-corrected chi connectivity index (χ2v) is 13.8. The first-order valence-corrected chi connectivity index (χ1v) is 17.0. The van der Waals surface area contributed by atoms with E-state index in [-0.39, 0.29) is 40.5 Å². The Bertz CT molecular complexity index is 1710. The van der Waals surface area contributed by atoms with Crippen molar-refractivity contribution in [2.75, 3.05) is 10.8 Å². The van der Waals surface area contributed by atoms with Gasteiger partial charge in [-0.3, -0.25) is 13.9 Å². The van der Waals surface area contributed by atoms with Crippen LogP contribution in [-0.2, 0) is 32.6 Å². The molecule has 4 rings (SSSR count). The van der Waals surface area contributed by atoms with Gasteiger partial charge in [-0.05, 0) is 66.9 Å². The summed E-state index contributed by atoms with van der Waals surface area (Å²) in [4.78, 5) is 29.7. The quantitative estimate of drug-likeness (QED) is 0.162. The number of benzene rings is 4. The van der Waals surface area contributed by atoms with Crippen LogP contribution in [0.25, 0.3) is 0 Å². The Balaban J connectivity index is 1.81. The molecule has 0 bridgehead atoms. The maximum absolute atomic E-state index is 14.4. The molecule has 0 unspecified atom stereocenters. The van der Waals surface area contributed by atoms with Gasteiger partial charge < -0.3 is 10.2 Å². The van der Waals surface area contributed by atoms with E-state index in [2.05, 4.69) is 21.2 Å². The van der Waals surface area contributed by atoms with Crippen LogP contribution < -0.4 is 9.62 Å². The van der Waals surface area contributed by atoms with Crippen molar-refractivity contribution >= 4 is 55.1 Å². The Morgan fingerprint density at radius 3 is 2.13 bits per heavy atom. The monoisotopic (exact) mass is 713 g/mol. The zero-order valence-corrected chi connectivity index (χ0v) is 28.0.